The number of fused-ring (bicyclic) bond motifs is 1. The molecular weight excluding hydrogens is 327 g/mol. The number of imidazole rings is 1. The van der Waals surface area contributed by atoms with Crippen LogP contribution in [0.25, 0.3) is 5.65 Å². The van der Waals surface area contributed by atoms with Gasteiger partial charge < -0.3 is 20.2 Å². The van der Waals surface area contributed by atoms with Crippen LogP contribution in [0.2, 0.25) is 0 Å². The Bertz CT molecular complexity index is 653. The molecule has 22 heavy (non-hydrogen) atoms. The van der Waals surface area contributed by atoms with Gasteiger partial charge in [-0.3, -0.25) is 4.79 Å². The number of pyridine rings is 1. The summed E-state index contributed by atoms with van der Waals surface area (Å²) in [5, 5.41) is 2.89. The molecule has 0 aromatic carbocycles. The third-order valence-corrected chi connectivity index (χ3v) is 3.67. The maximum atomic E-state index is 12.3. The molecule has 8 heteroatoms. The first-order valence-corrected chi connectivity index (χ1v) is 6.70. The van der Waals surface area contributed by atoms with Crippen LogP contribution in [-0.4, -0.2) is 34.0 Å². The number of hydrogen-bond donors (Lipinski definition) is 2. The zero-order valence-corrected chi connectivity index (χ0v) is 13.9. The number of aryl methyl sites for hydroxylation is 1. The molecule has 0 unspecified atom stereocenters. The van der Waals surface area contributed by atoms with Crippen molar-refractivity contribution in [3.05, 3.63) is 30.2 Å². The van der Waals surface area contributed by atoms with Gasteiger partial charge in [-0.2, -0.15) is 0 Å². The van der Waals surface area contributed by atoms with Crippen molar-refractivity contribution in [2.75, 3.05) is 18.5 Å². The van der Waals surface area contributed by atoms with E-state index in [1.165, 1.54) is 0 Å². The van der Waals surface area contributed by atoms with Crippen molar-refractivity contribution in [3.63, 3.8) is 0 Å². The van der Waals surface area contributed by atoms with Crippen LogP contribution in [-0.2, 0) is 9.53 Å². The largest absolute Gasteiger partial charge is 0.381 e. The SMILES string of the molecule is Cc1cn2cc(NC(=O)C3(N)CCOCC3)ccc2n1.Cl.Cl. The van der Waals surface area contributed by atoms with Gasteiger partial charge in [-0.1, -0.05) is 0 Å². The number of ether oxygens (including phenoxy) is 1. The fourth-order valence-electron chi connectivity index (χ4n) is 2.41. The third-order valence-electron chi connectivity index (χ3n) is 3.67. The number of rotatable bonds is 2. The maximum Gasteiger partial charge on any atom is 0.244 e. The minimum Gasteiger partial charge on any atom is -0.381 e. The molecule has 0 aliphatic carbocycles. The first kappa shape index (κ1) is 18.7. The van der Waals surface area contributed by atoms with Crippen LogP contribution in [0.4, 0.5) is 5.69 Å². The van der Waals surface area contributed by atoms with Crippen molar-refractivity contribution in [3.8, 4) is 0 Å². The molecule has 1 aliphatic heterocycles. The Morgan fingerprint density at radius 3 is 2.68 bits per heavy atom. The second-order valence-electron chi connectivity index (χ2n) is 5.29. The summed E-state index contributed by atoms with van der Waals surface area (Å²) >= 11 is 0. The highest BCUT2D eigenvalue weighted by molar-refractivity contribution is 5.98. The lowest BCUT2D eigenvalue weighted by Gasteiger charge is -2.31. The highest BCUT2D eigenvalue weighted by Gasteiger charge is 2.35. The lowest BCUT2D eigenvalue weighted by Crippen LogP contribution is -2.54. The Morgan fingerprint density at radius 2 is 2.00 bits per heavy atom. The second-order valence-corrected chi connectivity index (χ2v) is 5.29. The van der Waals surface area contributed by atoms with E-state index in [1.54, 1.807) is 0 Å². The standard InChI is InChI=1S/C14H18N4O2.2ClH/c1-10-8-18-9-11(2-3-12(18)16-10)17-13(19)14(15)4-6-20-7-5-14;;/h2-3,8-9H,4-7,15H2,1H3,(H,17,19);2*1H. The van der Waals surface area contributed by atoms with Crippen LogP contribution < -0.4 is 11.1 Å². The quantitative estimate of drug-likeness (QED) is 0.870. The van der Waals surface area contributed by atoms with Crippen molar-refractivity contribution < 1.29 is 9.53 Å². The molecule has 3 rings (SSSR count). The molecule has 0 bridgehead atoms. The van der Waals surface area contributed by atoms with Gasteiger partial charge in [0.15, 0.2) is 0 Å². The van der Waals surface area contributed by atoms with Crippen LogP contribution in [0.1, 0.15) is 18.5 Å². The molecule has 1 saturated heterocycles. The average Bonchev–Trinajstić information content (AvgIpc) is 2.79. The van der Waals surface area contributed by atoms with Gasteiger partial charge in [0.25, 0.3) is 0 Å². The summed E-state index contributed by atoms with van der Waals surface area (Å²) in [4.78, 5) is 16.7. The molecule has 0 spiro atoms. The number of aromatic nitrogens is 2. The van der Waals surface area contributed by atoms with Crippen molar-refractivity contribution in [2.45, 2.75) is 25.3 Å². The van der Waals surface area contributed by atoms with E-state index >= 15 is 0 Å². The minimum atomic E-state index is -0.835. The van der Waals surface area contributed by atoms with Crippen LogP contribution in [0.3, 0.4) is 0 Å². The van der Waals surface area contributed by atoms with Crippen molar-refractivity contribution in [1.82, 2.24) is 9.38 Å². The van der Waals surface area contributed by atoms with Gasteiger partial charge in [-0.15, -0.1) is 24.8 Å². The Morgan fingerprint density at radius 1 is 1.32 bits per heavy atom. The molecule has 2 aromatic heterocycles. The van der Waals surface area contributed by atoms with Gasteiger partial charge >= 0.3 is 0 Å². The molecule has 2 aromatic rings. The van der Waals surface area contributed by atoms with Crippen molar-refractivity contribution in [2.24, 2.45) is 5.73 Å². The Balaban J connectivity index is 0.00000121. The molecular formula is C14H20Cl2N4O2. The van der Waals surface area contributed by atoms with Crippen molar-refractivity contribution in [1.29, 1.82) is 0 Å². The number of nitrogens with two attached hydrogens (primary N) is 1. The predicted octanol–water partition coefficient (Wildman–Crippen LogP) is 1.93. The van der Waals surface area contributed by atoms with Gasteiger partial charge in [-0.05, 0) is 31.9 Å². The zero-order chi connectivity index (χ0) is 14.2. The predicted molar refractivity (Wildman–Crippen MR) is 90.0 cm³/mol. The molecule has 3 N–H and O–H groups in total. The van der Waals surface area contributed by atoms with Crippen LogP contribution in [0, 0.1) is 6.92 Å². The number of anilines is 1. The highest BCUT2D eigenvalue weighted by atomic mass is 35.5. The summed E-state index contributed by atoms with van der Waals surface area (Å²) < 4.78 is 7.14. The van der Waals surface area contributed by atoms with Crippen LogP contribution in [0.15, 0.2) is 24.5 Å². The molecule has 1 aliphatic rings. The molecule has 1 amide bonds. The van der Waals surface area contributed by atoms with E-state index in [-0.39, 0.29) is 30.7 Å². The first-order valence-electron chi connectivity index (χ1n) is 6.70. The van der Waals surface area contributed by atoms with E-state index in [4.69, 9.17) is 10.5 Å². The lowest BCUT2D eigenvalue weighted by atomic mass is 9.90. The van der Waals surface area contributed by atoms with E-state index in [1.807, 2.05) is 35.9 Å². The van der Waals surface area contributed by atoms with E-state index in [9.17, 15) is 4.79 Å². The molecule has 1 fully saturated rings. The van der Waals surface area contributed by atoms with E-state index in [2.05, 4.69) is 10.3 Å². The highest BCUT2D eigenvalue weighted by Crippen LogP contribution is 2.20. The van der Waals surface area contributed by atoms with Gasteiger partial charge in [0.05, 0.1) is 11.4 Å². The molecule has 122 valence electrons. The van der Waals surface area contributed by atoms with Crippen LogP contribution >= 0.6 is 24.8 Å². The van der Waals surface area contributed by atoms with E-state index in [0.29, 0.717) is 26.1 Å². The van der Waals surface area contributed by atoms with E-state index < -0.39 is 5.54 Å². The Hall–Kier alpha value is -1.34. The van der Waals surface area contributed by atoms with Crippen molar-refractivity contribution >= 4 is 42.1 Å². The monoisotopic (exact) mass is 346 g/mol. The Kier molecular flexibility index (Phi) is 6.19. The summed E-state index contributed by atoms with van der Waals surface area (Å²) in [5.41, 5.74) is 7.83. The molecule has 3 heterocycles. The second kappa shape index (κ2) is 7.28. The summed E-state index contributed by atoms with van der Waals surface area (Å²) in [6, 6.07) is 3.71. The van der Waals surface area contributed by atoms with Gasteiger partial charge in [-0.25, -0.2) is 4.98 Å². The van der Waals surface area contributed by atoms with E-state index in [0.717, 1.165) is 17.0 Å². The number of carbonyl (C=O) groups excluding carboxylic acids is 1. The Labute approximate surface area is 141 Å². The molecule has 0 saturated carbocycles. The average molecular weight is 347 g/mol. The molecule has 6 nitrogen and oxygen atoms in total. The van der Waals surface area contributed by atoms with Gasteiger partial charge in [0.1, 0.15) is 11.2 Å². The zero-order valence-electron chi connectivity index (χ0n) is 12.2. The summed E-state index contributed by atoms with van der Waals surface area (Å²) in [6.45, 7) is 3.00. The summed E-state index contributed by atoms with van der Waals surface area (Å²) in [7, 11) is 0. The fraction of sp³-hybridized carbons (Fsp3) is 0.429. The summed E-state index contributed by atoms with van der Waals surface area (Å²) in [6.07, 6.45) is 4.85. The van der Waals surface area contributed by atoms with Crippen LogP contribution in [0.5, 0.6) is 0 Å². The number of halogens is 2. The number of nitrogens with zero attached hydrogens (tertiary/aromatic N) is 2. The normalized spacial score (nSPS) is 16.5. The van der Waals surface area contributed by atoms with Gasteiger partial charge in [0, 0.05) is 25.6 Å². The maximum absolute atomic E-state index is 12.3. The number of amides is 1. The molecule has 0 radical (unpaired) electrons. The topological polar surface area (TPSA) is 81.7 Å². The summed E-state index contributed by atoms with van der Waals surface area (Å²) in [5.74, 6) is -0.156. The van der Waals surface area contributed by atoms with Gasteiger partial charge in [0.2, 0.25) is 5.91 Å². The minimum absolute atomic E-state index is 0. The third kappa shape index (κ3) is 3.70. The lowest BCUT2D eigenvalue weighted by molar-refractivity contribution is -0.124. The number of nitrogens with one attached hydrogen (secondary N) is 1. The fourth-order valence-corrected chi connectivity index (χ4v) is 2.41. The smallest absolute Gasteiger partial charge is 0.244 e. The number of hydrogen-bond acceptors (Lipinski definition) is 4. The molecule has 0 atom stereocenters. The first-order chi connectivity index (χ1) is 9.57. The number of carbonyl (C=O) groups is 1.